The summed E-state index contributed by atoms with van der Waals surface area (Å²) in [5, 5.41) is 0. The van der Waals surface area contributed by atoms with Gasteiger partial charge in [0, 0.05) is 31.6 Å². The van der Waals surface area contributed by atoms with Crippen molar-refractivity contribution in [2.24, 2.45) is 0 Å². The molecule has 0 saturated carbocycles. The molecular weight excluding hydrogens is 267 g/mol. The second-order valence-electron chi connectivity index (χ2n) is 4.79. The number of nitrogens with zero attached hydrogens (tertiary/aromatic N) is 2. The van der Waals surface area contributed by atoms with Crippen molar-refractivity contribution in [2.75, 3.05) is 19.1 Å². The average Bonchev–Trinajstić information content (AvgIpc) is 2.80. The number of hydrogen-bond acceptors (Lipinski definition) is 2. The molecule has 0 atom stereocenters. The van der Waals surface area contributed by atoms with Crippen LogP contribution in [0.2, 0.25) is 0 Å². The molecule has 0 spiro atoms. The van der Waals surface area contributed by atoms with E-state index in [1.807, 2.05) is 6.07 Å². The number of halogens is 2. The van der Waals surface area contributed by atoms with Crippen LogP contribution in [0.1, 0.15) is 24.7 Å². The number of benzene rings is 1. The summed E-state index contributed by atoms with van der Waals surface area (Å²) < 4.78 is 21.4. The molecule has 0 bridgehead atoms. The summed E-state index contributed by atoms with van der Waals surface area (Å²) in [7, 11) is 0. The molecule has 19 heavy (non-hydrogen) atoms. The van der Waals surface area contributed by atoms with Crippen LogP contribution < -0.4 is 0 Å². The van der Waals surface area contributed by atoms with Crippen LogP contribution in [0.4, 0.5) is 4.39 Å². The van der Waals surface area contributed by atoms with E-state index in [-0.39, 0.29) is 5.82 Å². The van der Waals surface area contributed by atoms with Gasteiger partial charge in [-0.2, -0.15) is 0 Å². The Kier molecular flexibility index (Phi) is 3.71. The third-order valence-electron chi connectivity index (χ3n) is 3.62. The quantitative estimate of drug-likeness (QED) is 0.808. The van der Waals surface area contributed by atoms with E-state index >= 15 is 0 Å². The number of imidazole rings is 1. The first kappa shape index (κ1) is 12.9. The zero-order chi connectivity index (χ0) is 13.2. The summed E-state index contributed by atoms with van der Waals surface area (Å²) in [6.45, 7) is 1.50. The fourth-order valence-electron chi connectivity index (χ4n) is 2.74. The highest BCUT2D eigenvalue weighted by atomic mass is 35.5. The molecule has 3 nitrogen and oxygen atoms in total. The SMILES string of the molecule is Fc1cccc2c1nc(CCCl)n2C1CCOCC1. The summed E-state index contributed by atoms with van der Waals surface area (Å²) in [6.07, 6.45) is 2.54. The Morgan fingerprint density at radius 2 is 2.16 bits per heavy atom. The van der Waals surface area contributed by atoms with Gasteiger partial charge in [-0.05, 0) is 25.0 Å². The second-order valence-corrected chi connectivity index (χ2v) is 5.17. The first-order valence-corrected chi connectivity index (χ1v) is 7.13. The van der Waals surface area contributed by atoms with Crippen molar-refractivity contribution < 1.29 is 9.13 Å². The highest BCUT2D eigenvalue weighted by Crippen LogP contribution is 2.29. The van der Waals surface area contributed by atoms with Crippen LogP contribution >= 0.6 is 11.6 Å². The number of hydrogen-bond donors (Lipinski definition) is 0. The minimum absolute atomic E-state index is 0.265. The number of para-hydroxylation sites is 1. The largest absolute Gasteiger partial charge is 0.381 e. The summed E-state index contributed by atoms with van der Waals surface area (Å²) in [5.41, 5.74) is 1.32. The molecule has 102 valence electrons. The summed E-state index contributed by atoms with van der Waals surface area (Å²) in [4.78, 5) is 4.44. The van der Waals surface area contributed by atoms with E-state index in [9.17, 15) is 4.39 Å². The third kappa shape index (κ3) is 2.35. The molecule has 5 heteroatoms. The zero-order valence-electron chi connectivity index (χ0n) is 10.6. The van der Waals surface area contributed by atoms with Gasteiger partial charge in [0.15, 0.2) is 5.82 Å². The molecule has 0 N–H and O–H groups in total. The molecule has 1 aliphatic heterocycles. The van der Waals surface area contributed by atoms with E-state index < -0.39 is 0 Å². The normalized spacial score (nSPS) is 17.2. The Labute approximate surface area is 116 Å². The Morgan fingerprint density at radius 1 is 1.37 bits per heavy atom. The number of fused-ring (bicyclic) bond motifs is 1. The summed E-state index contributed by atoms with van der Waals surface area (Å²) in [5.74, 6) is 1.11. The molecule has 0 radical (unpaired) electrons. The highest BCUT2D eigenvalue weighted by molar-refractivity contribution is 6.17. The predicted octanol–water partition coefficient (Wildman–Crippen LogP) is 3.31. The molecule has 1 fully saturated rings. The molecule has 2 heterocycles. The van der Waals surface area contributed by atoms with E-state index in [0.717, 1.165) is 37.4 Å². The Balaban J connectivity index is 2.13. The molecule has 0 amide bonds. The fraction of sp³-hybridized carbons (Fsp3) is 0.500. The van der Waals surface area contributed by atoms with E-state index in [0.29, 0.717) is 23.9 Å². The number of alkyl halides is 1. The number of rotatable bonds is 3. The van der Waals surface area contributed by atoms with Crippen molar-refractivity contribution in [1.29, 1.82) is 0 Å². The maximum atomic E-state index is 13.9. The van der Waals surface area contributed by atoms with Gasteiger partial charge < -0.3 is 9.30 Å². The zero-order valence-corrected chi connectivity index (χ0v) is 11.4. The van der Waals surface area contributed by atoms with Crippen LogP contribution in [0.5, 0.6) is 0 Å². The van der Waals surface area contributed by atoms with Crippen molar-refractivity contribution in [2.45, 2.75) is 25.3 Å². The predicted molar refractivity (Wildman–Crippen MR) is 73.2 cm³/mol. The Bertz CT molecular complexity index is 578. The van der Waals surface area contributed by atoms with E-state index in [1.54, 1.807) is 6.07 Å². The van der Waals surface area contributed by atoms with Crippen LogP contribution in [0.25, 0.3) is 11.0 Å². The lowest BCUT2D eigenvalue weighted by Crippen LogP contribution is -2.21. The van der Waals surface area contributed by atoms with Crippen LogP contribution in [0, 0.1) is 5.82 Å². The molecule has 2 aromatic rings. The smallest absolute Gasteiger partial charge is 0.151 e. The van der Waals surface area contributed by atoms with Gasteiger partial charge >= 0.3 is 0 Å². The van der Waals surface area contributed by atoms with Gasteiger partial charge in [0.1, 0.15) is 11.3 Å². The molecule has 3 rings (SSSR count). The van der Waals surface area contributed by atoms with Crippen LogP contribution in [-0.4, -0.2) is 28.6 Å². The number of aromatic nitrogens is 2. The molecular formula is C14H16ClFN2O. The molecule has 1 aromatic carbocycles. The lowest BCUT2D eigenvalue weighted by atomic mass is 10.1. The molecule has 1 aromatic heterocycles. The topological polar surface area (TPSA) is 27.1 Å². The van der Waals surface area contributed by atoms with Crippen molar-refractivity contribution >= 4 is 22.6 Å². The number of aryl methyl sites for hydroxylation is 1. The Morgan fingerprint density at radius 3 is 2.89 bits per heavy atom. The van der Waals surface area contributed by atoms with Crippen LogP contribution in [-0.2, 0) is 11.2 Å². The third-order valence-corrected chi connectivity index (χ3v) is 3.81. The minimum Gasteiger partial charge on any atom is -0.381 e. The molecule has 1 aliphatic rings. The van der Waals surface area contributed by atoms with Crippen LogP contribution in [0.15, 0.2) is 18.2 Å². The van der Waals surface area contributed by atoms with Crippen molar-refractivity contribution in [1.82, 2.24) is 9.55 Å². The van der Waals surface area contributed by atoms with Gasteiger partial charge in [-0.1, -0.05) is 6.07 Å². The standard InChI is InChI=1S/C14H16ClFN2O/c15-7-4-13-17-14-11(16)2-1-3-12(14)18(13)10-5-8-19-9-6-10/h1-3,10H,4-9H2. The van der Waals surface area contributed by atoms with Gasteiger partial charge in [-0.25, -0.2) is 9.37 Å². The van der Waals surface area contributed by atoms with E-state index in [2.05, 4.69) is 9.55 Å². The second kappa shape index (κ2) is 5.47. The summed E-state index contributed by atoms with van der Waals surface area (Å²) >= 11 is 5.84. The Hall–Kier alpha value is -1.13. The highest BCUT2D eigenvalue weighted by Gasteiger charge is 2.22. The maximum absolute atomic E-state index is 13.9. The van der Waals surface area contributed by atoms with Crippen molar-refractivity contribution in [3.05, 3.63) is 29.8 Å². The van der Waals surface area contributed by atoms with E-state index in [4.69, 9.17) is 16.3 Å². The van der Waals surface area contributed by atoms with Gasteiger partial charge in [0.2, 0.25) is 0 Å². The minimum atomic E-state index is -0.265. The lowest BCUT2D eigenvalue weighted by molar-refractivity contribution is 0.0699. The van der Waals surface area contributed by atoms with Gasteiger partial charge in [-0.3, -0.25) is 0 Å². The maximum Gasteiger partial charge on any atom is 0.151 e. The first-order chi connectivity index (χ1) is 9.31. The van der Waals surface area contributed by atoms with Gasteiger partial charge in [0.25, 0.3) is 0 Å². The van der Waals surface area contributed by atoms with Crippen LogP contribution in [0.3, 0.4) is 0 Å². The molecule has 0 unspecified atom stereocenters. The van der Waals surface area contributed by atoms with E-state index in [1.165, 1.54) is 6.07 Å². The van der Waals surface area contributed by atoms with Gasteiger partial charge in [0.05, 0.1) is 5.52 Å². The number of ether oxygens (including phenoxy) is 1. The van der Waals surface area contributed by atoms with Gasteiger partial charge in [-0.15, -0.1) is 11.6 Å². The fourth-order valence-corrected chi connectivity index (χ4v) is 2.91. The summed E-state index contributed by atoms with van der Waals surface area (Å²) in [6, 6.07) is 5.45. The average molecular weight is 283 g/mol. The van der Waals surface area contributed by atoms with Crippen molar-refractivity contribution in [3.8, 4) is 0 Å². The first-order valence-electron chi connectivity index (χ1n) is 6.60. The molecule has 0 aliphatic carbocycles. The molecule has 1 saturated heterocycles. The van der Waals surface area contributed by atoms with Crippen molar-refractivity contribution in [3.63, 3.8) is 0 Å². The monoisotopic (exact) mass is 282 g/mol. The lowest BCUT2D eigenvalue weighted by Gasteiger charge is -2.25.